The van der Waals surface area contributed by atoms with Crippen LogP contribution in [-0.4, -0.2) is 59.5 Å². The van der Waals surface area contributed by atoms with Crippen molar-refractivity contribution in [2.45, 2.75) is 19.6 Å². The number of carbonyl (C=O) groups is 1. The van der Waals surface area contributed by atoms with Crippen molar-refractivity contribution >= 4 is 5.91 Å². The van der Waals surface area contributed by atoms with Crippen molar-refractivity contribution in [2.75, 3.05) is 33.8 Å². The molecule has 0 spiro atoms. The average molecular weight is 346 g/mol. The number of aromatic amines is 1. The Kier molecular flexibility index (Phi) is 5.15. The zero-order valence-electron chi connectivity index (χ0n) is 14.8. The number of amides is 1. The number of hydrogen-bond donors (Lipinski definition) is 1. The molecule has 1 saturated heterocycles. The second-order valence-corrected chi connectivity index (χ2v) is 6.61. The Labute approximate surface area is 146 Å². The van der Waals surface area contributed by atoms with Crippen LogP contribution in [0.5, 0.6) is 0 Å². The van der Waals surface area contributed by atoms with Crippen molar-refractivity contribution in [1.82, 2.24) is 19.8 Å². The van der Waals surface area contributed by atoms with Crippen LogP contribution in [0, 0.1) is 12.7 Å². The number of rotatable bonds is 4. The molecule has 7 heteroatoms. The number of imidazole rings is 1. The van der Waals surface area contributed by atoms with Crippen LogP contribution in [0.15, 0.2) is 24.4 Å². The standard InChI is InChI=1S/C18H23FN4O2/c1-12-4-5-13(8-15(12)19)18(24)23-6-7-25-16(11-23)17-20-9-14(21-17)10-22(2)3/h4-5,8-9,16H,6-7,10-11H2,1-3H3,(H,20,21)/t16-/m1/s1. The summed E-state index contributed by atoms with van der Waals surface area (Å²) in [5.41, 5.74) is 1.88. The lowest BCUT2D eigenvalue weighted by Crippen LogP contribution is -2.42. The lowest BCUT2D eigenvalue weighted by atomic mass is 10.1. The first-order chi connectivity index (χ1) is 11.9. The van der Waals surface area contributed by atoms with Crippen molar-refractivity contribution in [2.24, 2.45) is 0 Å². The quantitative estimate of drug-likeness (QED) is 0.921. The molecule has 134 valence electrons. The maximum atomic E-state index is 13.7. The monoisotopic (exact) mass is 346 g/mol. The zero-order valence-corrected chi connectivity index (χ0v) is 14.8. The first kappa shape index (κ1) is 17.6. The van der Waals surface area contributed by atoms with Gasteiger partial charge in [0.2, 0.25) is 0 Å². The molecule has 1 N–H and O–H groups in total. The summed E-state index contributed by atoms with van der Waals surface area (Å²) in [5, 5.41) is 0. The molecule has 1 atom stereocenters. The number of benzene rings is 1. The van der Waals surface area contributed by atoms with Gasteiger partial charge in [-0.2, -0.15) is 0 Å². The number of aryl methyl sites for hydroxylation is 1. The fourth-order valence-corrected chi connectivity index (χ4v) is 2.87. The van der Waals surface area contributed by atoms with Crippen LogP contribution in [0.2, 0.25) is 0 Å². The summed E-state index contributed by atoms with van der Waals surface area (Å²) < 4.78 is 19.5. The van der Waals surface area contributed by atoms with Gasteiger partial charge in [-0.05, 0) is 38.7 Å². The number of carbonyl (C=O) groups excluding carboxylic acids is 1. The van der Waals surface area contributed by atoms with Gasteiger partial charge >= 0.3 is 0 Å². The molecule has 25 heavy (non-hydrogen) atoms. The maximum absolute atomic E-state index is 13.7. The molecule has 3 rings (SSSR count). The maximum Gasteiger partial charge on any atom is 0.254 e. The molecule has 1 fully saturated rings. The second kappa shape index (κ2) is 7.33. The first-order valence-corrected chi connectivity index (χ1v) is 8.29. The second-order valence-electron chi connectivity index (χ2n) is 6.61. The normalized spacial score (nSPS) is 18.0. The lowest BCUT2D eigenvalue weighted by Gasteiger charge is -2.32. The number of H-pyrrole nitrogens is 1. The summed E-state index contributed by atoms with van der Waals surface area (Å²) in [7, 11) is 3.97. The predicted molar refractivity (Wildman–Crippen MR) is 91.7 cm³/mol. The van der Waals surface area contributed by atoms with Crippen molar-refractivity contribution in [3.8, 4) is 0 Å². The van der Waals surface area contributed by atoms with Crippen molar-refractivity contribution in [1.29, 1.82) is 0 Å². The van der Waals surface area contributed by atoms with Gasteiger partial charge in [0.05, 0.1) is 13.2 Å². The molecule has 0 unspecified atom stereocenters. The van der Waals surface area contributed by atoms with E-state index in [9.17, 15) is 9.18 Å². The molecular formula is C18H23FN4O2. The van der Waals surface area contributed by atoms with E-state index < -0.39 is 0 Å². The highest BCUT2D eigenvalue weighted by Crippen LogP contribution is 2.22. The SMILES string of the molecule is Cc1ccc(C(=O)N2CCO[C@@H](c3ncc(CN(C)C)[nH]3)C2)cc1F. The fraction of sp³-hybridized carbons (Fsp3) is 0.444. The summed E-state index contributed by atoms with van der Waals surface area (Å²) in [6.07, 6.45) is 1.48. The predicted octanol–water partition coefficient (Wildman–Crippen LogP) is 2.13. The number of ether oxygens (including phenoxy) is 1. The van der Waals surface area contributed by atoms with Crippen molar-refractivity contribution in [3.05, 3.63) is 52.9 Å². The molecule has 0 saturated carbocycles. The zero-order chi connectivity index (χ0) is 18.0. The van der Waals surface area contributed by atoms with E-state index >= 15 is 0 Å². The van der Waals surface area contributed by atoms with Gasteiger partial charge in [-0.15, -0.1) is 0 Å². The van der Waals surface area contributed by atoms with Crippen molar-refractivity contribution < 1.29 is 13.9 Å². The van der Waals surface area contributed by atoms with Crippen LogP contribution in [0.4, 0.5) is 4.39 Å². The minimum atomic E-state index is -0.366. The third-order valence-corrected chi connectivity index (χ3v) is 4.21. The minimum Gasteiger partial charge on any atom is -0.367 e. The third kappa shape index (κ3) is 4.05. The van der Waals surface area contributed by atoms with Crippen LogP contribution < -0.4 is 0 Å². The van der Waals surface area contributed by atoms with Gasteiger partial charge < -0.3 is 19.5 Å². The first-order valence-electron chi connectivity index (χ1n) is 8.29. The van der Waals surface area contributed by atoms with E-state index in [1.54, 1.807) is 30.2 Å². The summed E-state index contributed by atoms with van der Waals surface area (Å²) in [6.45, 7) is 3.73. The molecule has 0 aliphatic carbocycles. The Bertz CT molecular complexity index is 759. The smallest absolute Gasteiger partial charge is 0.254 e. The van der Waals surface area contributed by atoms with E-state index in [1.165, 1.54) is 6.07 Å². The van der Waals surface area contributed by atoms with Gasteiger partial charge in [-0.25, -0.2) is 9.37 Å². The average Bonchev–Trinajstić information content (AvgIpc) is 3.04. The summed E-state index contributed by atoms with van der Waals surface area (Å²) in [6, 6.07) is 4.58. The van der Waals surface area contributed by atoms with Crippen LogP contribution in [0.3, 0.4) is 0 Å². The van der Waals surface area contributed by atoms with Crippen molar-refractivity contribution in [3.63, 3.8) is 0 Å². The van der Waals surface area contributed by atoms with E-state index in [-0.39, 0.29) is 17.8 Å². The lowest BCUT2D eigenvalue weighted by molar-refractivity contribution is -0.0265. The van der Waals surface area contributed by atoms with Gasteiger partial charge in [0.1, 0.15) is 17.7 Å². The van der Waals surface area contributed by atoms with Gasteiger partial charge in [-0.1, -0.05) is 6.07 Å². The van der Waals surface area contributed by atoms with Crippen LogP contribution >= 0.6 is 0 Å². The summed E-state index contributed by atoms with van der Waals surface area (Å²) >= 11 is 0. The highest BCUT2D eigenvalue weighted by atomic mass is 19.1. The van der Waals surface area contributed by atoms with Crippen LogP contribution in [0.25, 0.3) is 0 Å². The molecule has 1 aliphatic heterocycles. The molecule has 1 amide bonds. The van der Waals surface area contributed by atoms with Crippen LogP contribution in [0.1, 0.15) is 33.5 Å². The molecule has 6 nitrogen and oxygen atoms in total. The Balaban J connectivity index is 1.71. The Hall–Kier alpha value is -2.25. The topological polar surface area (TPSA) is 61.5 Å². The third-order valence-electron chi connectivity index (χ3n) is 4.21. The number of hydrogen-bond acceptors (Lipinski definition) is 4. The van der Waals surface area contributed by atoms with Gasteiger partial charge in [0, 0.05) is 30.5 Å². The number of aromatic nitrogens is 2. The molecule has 1 aromatic heterocycles. The van der Waals surface area contributed by atoms with E-state index in [2.05, 4.69) is 9.97 Å². The molecule has 1 aliphatic rings. The number of morpholine rings is 1. The number of halogens is 1. The van der Waals surface area contributed by atoms with E-state index in [4.69, 9.17) is 4.74 Å². The van der Waals surface area contributed by atoms with Gasteiger partial charge in [0.15, 0.2) is 0 Å². The van der Waals surface area contributed by atoms with E-state index in [0.29, 0.717) is 36.6 Å². The molecule has 0 radical (unpaired) electrons. The largest absolute Gasteiger partial charge is 0.367 e. The molecule has 2 heterocycles. The number of nitrogens with zero attached hydrogens (tertiary/aromatic N) is 3. The highest BCUT2D eigenvalue weighted by molar-refractivity contribution is 5.94. The molecular weight excluding hydrogens is 323 g/mol. The van der Waals surface area contributed by atoms with E-state index in [1.807, 2.05) is 19.0 Å². The summed E-state index contributed by atoms with van der Waals surface area (Å²) in [5.74, 6) is 0.159. The Morgan fingerprint density at radius 1 is 1.48 bits per heavy atom. The van der Waals surface area contributed by atoms with Crippen LogP contribution in [-0.2, 0) is 11.3 Å². The minimum absolute atomic E-state index is 0.188. The Morgan fingerprint density at radius 2 is 2.28 bits per heavy atom. The Morgan fingerprint density at radius 3 is 3.00 bits per heavy atom. The molecule has 2 aromatic rings. The molecule has 1 aromatic carbocycles. The van der Waals surface area contributed by atoms with Gasteiger partial charge in [0.25, 0.3) is 5.91 Å². The summed E-state index contributed by atoms with van der Waals surface area (Å²) in [4.78, 5) is 24.0. The fourth-order valence-electron chi connectivity index (χ4n) is 2.87. The highest BCUT2D eigenvalue weighted by Gasteiger charge is 2.28. The number of nitrogens with one attached hydrogen (secondary N) is 1. The van der Waals surface area contributed by atoms with E-state index in [0.717, 1.165) is 12.2 Å². The molecule has 0 bridgehead atoms. The van der Waals surface area contributed by atoms with Gasteiger partial charge in [-0.3, -0.25) is 4.79 Å².